The van der Waals surface area contributed by atoms with Gasteiger partial charge >= 0.3 is 6.03 Å². The number of halogens is 1. The lowest BCUT2D eigenvalue weighted by molar-refractivity contribution is -0.133. The first kappa shape index (κ1) is 18.0. The molecule has 0 radical (unpaired) electrons. The van der Waals surface area contributed by atoms with E-state index in [1.807, 2.05) is 0 Å². The summed E-state index contributed by atoms with van der Waals surface area (Å²) in [5, 5.41) is 13.6. The number of carbonyl (C=O) groups is 2. The molecule has 0 bridgehead atoms. The van der Waals surface area contributed by atoms with Gasteiger partial charge in [-0.15, -0.1) is 0 Å². The second-order valence-electron chi connectivity index (χ2n) is 7.03. The number of β-amino-alcohol motifs (C(OH)–C–C–N with tert-alkyl or cyclic N) is 1. The zero-order chi connectivity index (χ0) is 18.0. The fraction of sp³-hybridized carbons (Fsp3) is 0.556. The fourth-order valence-corrected chi connectivity index (χ4v) is 3.55. The summed E-state index contributed by atoms with van der Waals surface area (Å²) in [7, 11) is 0. The van der Waals surface area contributed by atoms with Gasteiger partial charge < -0.3 is 15.2 Å². The average Bonchev–Trinajstić information content (AvgIpc) is 2.82. The van der Waals surface area contributed by atoms with E-state index in [-0.39, 0.29) is 19.1 Å². The van der Waals surface area contributed by atoms with Crippen molar-refractivity contribution in [3.05, 3.63) is 29.3 Å². The molecule has 1 atom stereocenters. The van der Waals surface area contributed by atoms with Gasteiger partial charge in [-0.25, -0.2) is 4.79 Å². The first-order valence-electron chi connectivity index (χ1n) is 8.60. The summed E-state index contributed by atoms with van der Waals surface area (Å²) in [5.74, 6) is 0.913. The zero-order valence-corrected chi connectivity index (χ0v) is 15.0. The van der Waals surface area contributed by atoms with Gasteiger partial charge in [-0.05, 0) is 55.9 Å². The van der Waals surface area contributed by atoms with Gasteiger partial charge in [0, 0.05) is 5.02 Å². The third-order valence-electron chi connectivity index (χ3n) is 5.02. The van der Waals surface area contributed by atoms with Gasteiger partial charge in [0.05, 0.1) is 6.54 Å². The summed E-state index contributed by atoms with van der Waals surface area (Å²) >= 11 is 5.81. The molecule has 1 saturated heterocycles. The first-order valence-corrected chi connectivity index (χ1v) is 8.98. The number of benzene rings is 1. The lowest BCUT2D eigenvalue weighted by atomic mass is 9.77. The van der Waals surface area contributed by atoms with Crippen LogP contribution < -0.4 is 10.1 Å². The molecule has 1 spiro atoms. The monoisotopic (exact) mass is 366 g/mol. The molecule has 1 aromatic carbocycles. The van der Waals surface area contributed by atoms with Crippen molar-refractivity contribution in [2.75, 3.05) is 13.2 Å². The Balaban J connectivity index is 1.55. The number of nitrogens with zero attached hydrogens (tertiary/aromatic N) is 1. The molecule has 136 valence electrons. The SMILES string of the molecule is CC1CCC2(CC1)NC(=O)N(CC(O)COc1ccc(Cl)cc1)C2=O. The number of hydrogen-bond donors (Lipinski definition) is 2. The van der Waals surface area contributed by atoms with Crippen LogP contribution in [0.25, 0.3) is 0 Å². The number of rotatable bonds is 5. The summed E-state index contributed by atoms with van der Waals surface area (Å²) in [6.45, 7) is 2.07. The second-order valence-corrected chi connectivity index (χ2v) is 7.47. The molecule has 25 heavy (non-hydrogen) atoms. The molecule has 2 fully saturated rings. The quantitative estimate of drug-likeness (QED) is 0.785. The van der Waals surface area contributed by atoms with Crippen LogP contribution in [-0.4, -0.2) is 46.7 Å². The van der Waals surface area contributed by atoms with Gasteiger partial charge in [0.1, 0.15) is 24.0 Å². The van der Waals surface area contributed by atoms with Gasteiger partial charge in [0.2, 0.25) is 0 Å². The Labute approximate surface area is 152 Å². The molecular formula is C18H23ClN2O4. The van der Waals surface area contributed by atoms with Crippen molar-refractivity contribution in [1.82, 2.24) is 10.2 Å². The molecule has 0 aromatic heterocycles. The highest BCUT2D eigenvalue weighted by atomic mass is 35.5. The predicted molar refractivity (Wildman–Crippen MR) is 93.6 cm³/mol. The third kappa shape index (κ3) is 3.90. The number of aliphatic hydroxyl groups is 1. The Bertz CT molecular complexity index is 641. The van der Waals surface area contributed by atoms with Crippen molar-refractivity contribution >= 4 is 23.5 Å². The van der Waals surface area contributed by atoms with Crippen molar-refractivity contribution in [1.29, 1.82) is 0 Å². The third-order valence-corrected chi connectivity index (χ3v) is 5.28. The maximum atomic E-state index is 12.7. The molecule has 2 N–H and O–H groups in total. The van der Waals surface area contributed by atoms with Crippen LogP contribution in [0, 0.1) is 5.92 Å². The number of amides is 3. The molecule has 1 heterocycles. The molecule has 1 aliphatic heterocycles. The Hall–Kier alpha value is -1.79. The molecular weight excluding hydrogens is 344 g/mol. The first-order chi connectivity index (χ1) is 11.9. The highest BCUT2D eigenvalue weighted by Gasteiger charge is 2.52. The van der Waals surface area contributed by atoms with Gasteiger partial charge in [-0.2, -0.15) is 0 Å². The van der Waals surface area contributed by atoms with E-state index in [2.05, 4.69) is 12.2 Å². The van der Waals surface area contributed by atoms with E-state index in [0.29, 0.717) is 29.5 Å². The van der Waals surface area contributed by atoms with Crippen LogP contribution in [0.4, 0.5) is 4.79 Å². The highest BCUT2D eigenvalue weighted by Crippen LogP contribution is 2.36. The Morgan fingerprint density at radius 3 is 2.60 bits per heavy atom. The van der Waals surface area contributed by atoms with E-state index in [1.165, 1.54) is 0 Å². The Morgan fingerprint density at radius 2 is 1.96 bits per heavy atom. The van der Waals surface area contributed by atoms with Gasteiger partial charge in [-0.3, -0.25) is 9.69 Å². The van der Waals surface area contributed by atoms with Crippen LogP contribution in [0.2, 0.25) is 5.02 Å². The lowest BCUT2D eigenvalue weighted by Gasteiger charge is -2.33. The van der Waals surface area contributed by atoms with E-state index in [1.54, 1.807) is 24.3 Å². The molecule has 3 rings (SSSR count). The summed E-state index contributed by atoms with van der Waals surface area (Å²) < 4.78 is 5.48. The largest absolute Gasteiger partial charge is 0.491 e. The molecule has 2 aliphatic rings. The molecule has 7 heteroatoms. The van der Waals surface area contributed by atoms with Crippen molar-refractivity contribution in [2.45, 2.75) is 44.2 Å². The summed E-state index contributed by atoms with van der Waals surface area (Å²) in [6, 6.07) is 6.34. The van der Waals surface area contributed by atoms with E-state index < -0.39 is 17.7 Å². The number of nitrogens with one attached hydrogen (secondary N) is 1. The van der Waals surface area contributed by atoms with E-state index in [9.17, 15) is 14.7 Å². The van der Waals surface area contributed by atoms with Gasteiger partial charge in [0.25, 0.3) is 5.91 Å². The van der Waals surface area contributed by atoms with Crippen molar-refractivity contribution in [3.8, 4) is 5.75 Å². The topological polar surface area (TPSA) is 78.9 Å². The summed E-state index contributed by atoms with van der Waals surface area (Å²) in [6.07, 6.45) is 2.20. The van der Waals surface area contributed by atoms with Gasteiger partial charge in [0.15, 0.2) is 0 Å². The molecule has 1 unspecified atom stereocenters. The summed E-state index contributed by atoms with van der Waals surface area (Å²) in [5.41, 5.74) is -0.777. The minimum atomic E-state index is -0.956. The molecule has 6 nitrogen and oxygen atoms in total. The molecule has 1 saturated carbocycles. The number of urea groups is 1. The minimum Gasteiger partial charge on any atom is -0.491 e. The molecule has 1 aromatic rings. The normalized spacial score (nSPS) is 27.5. The van der Waals surface area contributed by atoms with Crippen molar-refractivity contribution in [2.24, 2.45) is 5.92 Å². The average molecular weight is 367 g/mol. The molecule has 1 aliphatic carbocycles. The second kappa shape index (κ2) is 7.22. The standard InChI is InChI=1S/C18H23ClN2O4/c1-12-6-8-18(9-7-12)16(23)21(17(24)20-18)10-14(22)11-25-15-4-2-13(19)3-5-15/h2-5,12,14,22H,6-11H2,1H3,(H,20,24). The zero-order valence-electron chi connectivity index (χ0n) is 14.2. The molecule has 3 amide bonds. The van der Waals surface area contributed by atoms with Crippen molar-refractivity contribution < 1.29 is 19.4 Å². The van der Waals surface area contributed by atoms with Crippen molar-refractivity contribution in [3.63, 3.8) is 0 Å². The number of hydrogen-bond acceptors (Lipinski definition) is 4. The van der Waals surface area contributed by atoms with Crippen LogP contribution in [0.15, 0.2) is 24.3 Å². The number of ether oxygens (including phenoxy) is 1. The number of carbonyl (C=O) groups excluding carboxylic acids is 2. The fourth-order valence-electron chi connectivity index (χ4n) is 3.42. The van der Waals surface area contributed by atoms with E-state index >= 15 is 0 Å². The van der Waals surface area contributed by atoms with Gasteiger partial charge in [-0.1, -0.05) is 18.5 Å². The highest BCUT2D eigenvalue weighted by molar-refractivity contribution is 6.30. The van der Waals surface area contributed by atoms with E-state index in [4.69, 9.17) is 16.3 Å². The lowest BCUT2D eigenvalue weighted by Crippen LogP contribution is -2.49. The van der Waals surface area contributed by atoms with E-state index in [0.717, 1.165) is 17.7 Å². The predicted octanol–water partition coefficient (Wildman–Crippen LogP) is 2.58. The maximum Gasteiger partial charge on any atom is 0.325 e. The summed E-state index contributed by atoms with van der Waals surface area (Å²) in [4.78, 5) is 26.1. The van der Waals surface area contributed by atoms with Crippen LogP contribution in [-0.2, 0) is 4.79 Å². The van der Waals surface area contributed by atoms with Crippen LogP contribution in [0.1, 0.15) is 32.6 Å². The smallest absolute Gasteiger partial charge is 0.325 e. The number of imide groups is 1. The van der Waals surface area contributed by atoms with Crippen LogP contribution >= 0.6 is 11.6 Å². The minimum absolute atomic E-state index is 0.0112. The van der Waals surface area contributed by atoms with Crippen LogP contribution in [0.5, 0.6) is 5.75 Å². The Morgan fingerprint density at radius 1 is 1.32 bits per heavy atom. The Kier molecular flexibility index (Phi) is 5.20. The maximum absolute atomic E-state index is 12.7. The number of aliphatic hydroxyl groups excluding tert-OH is 1. The van der Waals surface area contributed by atoms with Crippen LogP contribution in [0.3, 0.4) is 0 Å².